The summed E-state index contributed by atoms with van der Waals surface area (Å²) in [6, 6.07) is 11.5. The average molecular weight is 709 g/mol. The van der Waals surface area contributed by atoms with E-state index in [9.17, 15) is 16.9 Å². The zero-order chi connectivity index (χ0) is 33.8. The largest absolute Gasteiger partial charge is 0.494 e. The molecule has 3 aromatic rings. The van der Waals surface area contributed by atoms with E-state index >= 15 is 0 Å². The number of halogens is 2. The second-order valence-electron chi connectivity index (χ2n) is 12.3. The molecule has 0 aliphatic carbocycles. The Bertz CT molecular complexity index is 1710. The molecule has 0 saturated carbocycles. The van der Waals surface area contributed by atoms with Crippen LogP contribution < -0.4 is 30.9 Å². The zero-order valence-electron chi connectivity index (χ0n) is 27.2. The molecule has 47 heavy (non-hydrogen) atoms. The summed E-state index contributed by atoms with van der Waals surface area (Å²) in [4.78, 5) is 16.1. The topological polar surface area (TPSA) is 132 Å². The molecule has 0 unspecified atom stereocenters. The van der Waals surface area contributed by atoms with Crippen LogP contribution >= 0.6 is 18.7 Å². The number of piperidine rings is 1. The molecular formula is C31H43ClFN8O4PS. The number of methoxy groups -OCH3 is 1. The number of hydrogen-bond acceptors (Lipinski definition) is 12. The number of hydrogen-bond donors (Lipinski definition) is 3. The molecule has 1 aromatic heterocycles. The van der Waals surface area contributed by atoms with E-state index in [0.717, 1.165) is 57.8 Å². The quantitative estimate of drug-likeness (QED) is 0.176. The maximum Gasteiger partial charge on any atom is 0.304 e. The Morgan fingerprint density at radius 1 is 1.02 bits per heavy atom. The van der Waals surface area contributed by atoms with Crippen molar-refractivity contribution in [2.75, 3.05) is 99.9 Å². The van der Waals surface area contributed by atoms with Crippen LogP contribution in [-0.4, -0.2) is 113 Å². The van der Waals surface area contributed by atoms with E-state index in [1.54, 1.807) is 32.6 Å². The summed E-state index contributed by atoms with van der Waals surface area (Å²) in [6.07, 6.45) is 3.44. The molecule has 2 aliphatic rings. The van der Waals surface area contributed by atoms with Crippen LogP contribution in [0.5, 0.6) is 5.75 Å². The fourth-order valence-corrected chi connectivity index (χ4v) is 7.66. The molecule has 2 aromatic carbocycles. The predicted octanol–water partition coefficient (Wildman–Crippen LogP) is 4.80. The van der Waals surface area contributed by atoms with Gasteiger partial charge < -0.3 is 35.1 Å². The molecule has 0 amide bonds. The van der Waals surface area contributed by atoms with Gasteiger partial charge >= 0.3 is 10.2 Å². The van der Waals surface area contributed by atoms with Gasteiger partial charge in [0.2, 0.25) is 5.95 Å². The van der Waals surface area contributed by atoms with Gasteiger partial charge in [0.15, 0.2) is 5.82 Å². The standard InChI is InChI=1S/C31H43ClFN8O4PS/c1-39-14-16-40(17-15-39)22-9-12-41(13-10-22)27-20-28(45-2)26(19-25(27)34-11-18-47(33,43)44)37-31-35-21-23(32)30(38-31)36-24-7-5-6-8-29(24)46(3,4)42/h5-8,19-22,34H,9-18H2,1-4H3,(H2,35,36,37,38). The molecule has 16 heteroatoms. The van der Waals surface area contributed by atoms with Crippen LogP contribution in [-0.2, 0) is 14.8 Å². The monoisotopic (exact) mass is 708 g/mol. The first-order chi connectivity index (χ1) is 22.3. The minimum Gasteiger partial charge on any atom is -0.494 e. The third kappa shape index (κ3) is 9.26. The molecule has 2 fully saturated rings. The van der Waals surface area contributed by atoms with E-state index in [1.807, 2.05) is 24.3 Å². The second kappa shape index (κ2) is 14.9. The Kier molecular flexibility index (Phi) is 11.2. The first-order valence-electron chi connectivity index (χ1n) is 15.6. The number of rotatable bonds is 12. The SMILES string of the molecule is COc1cc(N2CCC(N3CCN(C)CC3)CC2)c(NCCS(=O)(=O)F)cc1Nc1ncc(Cl)c(Nc2ccccc2P(C)(C)=O)n1. The van der Waals surface area contributed by atoms with Gasteiger partial charge in [0, 0.05) is 63.2 Å². The lowest BCUT2D eigenvalue weighted by Gasteiger charge is -2.43. The number of piperazine rings is 1. The summed E-state index contributed by atoms with van der Waals surface area (Å²) in [5.41, 5.74) is 2.59. The lowest BCUT2D eigenvalue weighted by molar-refractivity contribution is 0.0982. The summed E-state index contributed by atoms with van der Waals surface area (Å²) in [6.45, 7) is 9.16. The van der Waals surface area contributed by atoms with Gasteiger partial charge in [-0.2, -0.15) is 13.4 Å². The number of anilines is 6. The maximum atomic E-state index is 13.4. The molecule has 256 valence electrons. The Morgan fingerprint density at radius 2 is 1.72 bits per heavy atom. The van der Waals surface area contributed by atoms with Gasteiger partial charge in [-0.1, -0.05) is 23.7 Å². The van der Waals surface area contributed by atoms with Crippen molar-refractivity contribution in [3.8, 4) is 5.75 Å². The molecule has 2 aliphatic heterocycles. The van der Waals surface area contributed by atoms with E-state index in [4.69, 9.17) is 16.3 Å². The van der Waals surface area contributed by atoms with E-state index < -0.39 is 23.1 Å². The van der Waals surface area contributed by atoms with Crippen molar-refractivity contribution in [1.82, 2.24) is 19.8 Å². The minimum atomic E-state index is -4.66. The normalized spacial score (nSPS) is 17.0. The van der Waals surface area contributed by atoms with E-state index in [0.29, 0.717) is 40.0 Å². The third-order valence-electron chi connectivity index (χ3n) is 8.57. The number of aromatic nitrogens is 2. The summed E-state index contributed by atoms with van der Waals surface area (Å²) in [7, 11) is -3.54. The molecule has 12 nitrogen and oxygen atoms in total. The van der Waals surface area contributed by atoms with Gasteiger partial charge in [-0.15, -0.1) is 3.89 Å². The second-order valence-corrected chi connectivity index (χ2v) is 17.4. The number of likely N-dealkylation sites (N-methyl/N-ethyl adjacent to an activating group) is 1. The molecule has 3 heterocycles. The van der Waals surface area contributed by atoms with Gasteiger partial charge in [0.25, 0.3) is 0 Å². The number of nitrogens with zero attached hydrogens (tertiary/aromatic N) is 5. The van der Waals surface area contributed by atoms with Crippen LogP contribution in [0, 0.1) is 0 Å². The Labute approximate surface area is 281 Å². The molecule has 0 bridgehead atoms. The van der Waals surface area contributed by atoms with Crippen molar-refractivity contribution >= 4 is 68.8 Å². The Morgan fingerprint density at radius 3 is 2.38 bits per heavy atom. The fourth-order valence-electron chi connectivity index (χ4n) is 6.02. The molecule has 5 rings (SSSR count). The van der Waals surface area contributed by atoms with Gasteiger partial charge in [0.05, 0.1) is 41.8 Å². The average Bonchev–Trinajstić information content (AvgIpc) is 3.02. The molecule has 2 saturated heterocycles. The third-order valence-corrected chi connectivity index (χ3v) is 11.1. The first kappa shape index (κ1) is 35.2. The van der Waals surface area contributed by atoms with Crippen molar-refractivity contribution in [3.63, 3.8) is 0 Å². The van der Waals surface area contributed by atoms with Crippen molar-refractivity contribution in [3.05, 3.63) is 47.6 Å². The van der Waals surface area contributed by atoms with Gasteiger partial charge in [0.1, 0.15) is 17.9 Å². The summed E-state index contributed by atoms with van der Waals surface area (Å²) in [5, 5.41) is 10.4. The Hall–Kier alpha value is -3.16. The van der Waals surface area contributed by atoms with E-state index in [-0.39, 0.29) is 17.5 Å². The van der Waals surface area contributed by atoms with Crippen molar-refractivity contribution in [2.45, 2.75) is 18.9 Å². The van der Waals surface area contributed by atoms with Crippen LogP contribution in [0.1, 0.15) is 12.8 Å². The van der Waals surface area contributed by atoms with Crippen molar-refractivity contribution in [2.24, 2.45) is 0 Å². The molecule has 0 radical (unpaired) electrons. The van der Waals surface area contributed by atoms with Crippen LogP contribution in [0.3, 0.4) is 0 Å². The maximum absolute atomic E-state index is 13.4. The number of benzene rings is 2. The predicted molar refractivity (Wildman–Crippen MR) is 190 cm³/mol. The summed E-state index contributed by atoms with van der Waals surface area (Å²) in [5.74, 6) is 0.379. The number of ether oxygens (including phenoxy) is 1. The Balaban J connectivity index is 1.39. The molecule has 0 atom stereocenters. The smallest absolute Gasteiger partial charge is 0.304 e. The van der Waals surface area contributed by atoms with Crippen LogP contribution in [0.2, 0.25) is 5.02 Å². The highest BCUT2D eigenvalue weighted by Gasteiger charge is 2.28. The summed E-state index contributed by atoms with van der Waals surface area (Å²) < 4.78 is 54.7. The molecular weight excluding hydrogens is 666 g/mol. The highest BCUT2D eigenvalue weighted by Crippen LogP contribution is 2.41. The lowest BCUT2D eigenvalue weighted by Crippen LogP contribution is -2.52. The highest BCUT2D eigenvalue weighted by molar-refractivity contribution is 7.86. The fraction of sp³-hybridized carbons (Fsp3) is 0.484. The van der Waals surface area contributed by atoms with Gasteiger partial charge in [-0.3, -0.25) is 4.90 Å². The lowest BCUT2D eigenvalue weighted by atomic mass is 10.0. The van der Waals surface area contributed by atoms with Crippen LogP contribution in [0.15, 0.2) is 42.6 Å². The zero-order valence-corrected chi connectivity index (χ0v) is 29.6. The number of para-hydroxylation sites is 1. The van der Waals surface area contributed by atoms with Gasteiger partial charge in [-0.25, -0.2) is 4.98 Å². The highest BCUT2D eigenvalue weighted by atomic mass is 35.5. The molecule has 3 N–H and O–H groups in total. The molecule has 0 spiro atoms. The van der Waals surface area contributed by atoms with Crippen molar-refractivity contribution < 1.29 is 21.6 Å². The first-order valence-corrected chi connectivity index (χ1v) is 20.1. The number of nitrogens with one attached hydrogen (secondary N) is 3. The van der Waals surface area contributed by atoms with Crippen LogP contribution in [0.25, 0.3) is 0 Å². The van der Waals surface area contributed by atoms with E-state index in [1.165, 1.54) is 6.20 Å². The minimum absolute atomic E-state index is 0.112. The summed E-state index contributed by atoms with van der Waals surface area (Å²) >= 11 is 6.46. The van der Waals surface area contributed by atoms with Gasteiger partial charge in [-0.05, 0) is 51.4 Å². The van der Waals surface area contributed by atoms with E-state index in [2.05, 4.69) is 47.7 Å². The van der Waals surface area contributed by atoms with Crippen LogP contribution in [0.4, 0.5) is 38.4 Å². The van der Waals surface area contributed by atoms with Crippen molar-refractivity contribution in [1.29, 1.82) is 0 Å².